The summed E-state index contributed by atoms with van der Waals surface area (Å²) in [7, 11) is 1.66. The molecule has 0 aliphatic rings. The number of rotatable bonds is 6. The van der Waals surface area contributed by atoms with Gasteiger partial charge in [-0.3, -0.25) is 0 Å². The summed E-state index contributed by atoms with van der Waals surface area (Å²) in [5.74, 6) is -0.778. The van der Waals surface area contributed by atoms with Gasteiger partial charge in [-0.1, -0.05) is 13.8 Å². The number of imidazole rings is 1. The van der Waals surface area contributed by atoms with E-state index in [-0.39, 0.29) is 12.5 Å². The molecular formula is C13H22N4O3. The zero-order valence-electron chi connectivity index (χ0n) is 12.3. The van der Waals surface area contributed by atoms with Crippen molar-refractivity contribution in [3.05, 3.63) is 18.2 Å². The molecule has 3 N–H and O–H groups in total. The number of H-pyrrole nitrogens is 1. The minimum absolute atomic E-state index is 0.0246. The highest BCUT2D eigenvalue weighted by atomic mass is 16.4. The molecule has 1 aromatic heterocycles. The Morgan fingerprint density at radius 3 is 2.55 bits per heavy atom. The normalized spacial score (nSPS) is 13.8. The van der Waals surface area contributed by atoms with Crippen LogP contribution in [-0.4, -0.2) is 51.1 Å². The lowest BCUT2D eigenvalue weighted by Crippen LogP contribution is -2.51. The number of urea groups is 1. The van der Waals surface area contributed by atoms with Crippen LogP contribution in [0.4, 0.5) is 4.79 Å². The molecule has 0 saturated carbocycles. The smallest absolute Gasteiger partial charge is 0.326 e. The molecule has 2 atom stereocenters. The van der Waals surface area contributed by atoms with E-state index in [4.69, 9.17) is 0 Å². The molecule has 1 heterocycles. The van der Waals surface area contributed by atoms with E-state index in [2.05, 4.69) is 15.3 Å². The van der Waals surface area contributed by atoms with Crippen molar-refractivity contribution in [2.24, 2.45) is 5.92 Å². The predicted octanol–water partition coefficient (Wildman–Crippen LogP) is 1.09. The number of nitrogens with one attached hydrogen (secondary N) is 2. The third-order valence-electron chi connectivity index (χ3n) is 3.47. The maximum atomic E-state index is 12.1. The molecule has 20 heavy (non-hydrogen) atoms. The molecule has 1 rings (SSSR count). The van der Waals surface area contributed by atoms with Gasteiger partial charge in [-0.25, -0.2) is 14.6 Å². The van der Waals surface area contributed by atoms with E-state index >= 15 is 0 Å². The molecule has 112 valence electrons. The fourth-order valence-corrected chi connectivity index (χ4v) is 1.70. The Bertz CT molecular complexity index is 444. The summed E-state index contributed by atoms with van der Waals surface area (Å²) in [5.41, 5.74) is 0.664. The third kappa shape index (κ3) is 4.25. The summed E-state index contributed by atoms with van der Waals surface area (Å²) in [6, 6.07) is -1.35. The summed E-state index contributed by atoms with van der Waals surface area (Å²) in [5, 5.41) is 11.7. The average molecular weight is 282 g/mol. The first-order valence-corrected chi connectivity index (χ1v) is 6.56. The Hall–Kier alpha value is -2.05. The Morgan fingerprint density at radius 2 is 2.10 bits per heavy atom. The maximum Gasteiger partial charge on any atom is 0.326 e. The van der Waals surface area contributed by atoms with E-state index in [1.165, 1.54) is 11.2 Å². The van der Waals surface area contributed by atoms with Crippen molar-refractivity contribution in [2.45, 2.75) is 39.3 Å². The van der Waals surface area contributed by atoms with Gasteiger partial charge in [0, 0.05) is 31.4 Å². The third-order valence-corrected chi connectivity index (χ3v) is 3.47. The summed E-state index contributed by atoms with van der Waals surface area (Å²) in [6.45, 7) is 5.94. The number of carboxylic acids is 1. The predicted molar refractivity (Wildman–Crippen MR) is 74.3 cm³/mol. The van der Waals surface area contributed by atoms with Crippen LogP contribution in [0.2, 0.25) is 0 Å². The van der Waals surface area contributed by atoms with Gasteiger partial charge in [-0.05, 0) is 12.8 Å². The Balaban J connectivity index is 2.66. The minimum atomic E-state index is -1.07. The SMILES string of the molecule is CC(C)C(C)N(C)C(=O)N[C@@H](Cc1cnc[nH]1)C(=O)O. The van der Waals surface area contributed by atoms with Gasteiger partial charge < -0.3 is 20.3 Å². The van der Waals surface area contributed by atoms with E-state index in [9.17, 15) is 14.7 Å². The molecule has 0 spiro atoms. The number of hydrogen-bond donors (Lipinski definition) is 3. The van der Waals surface area contributed by atoms with Crippen molar-refractivity contribution in [2.75, 3.05) is 7.05 Å². The lowest BCUT2D eigenvalue weighted by Gasteiger charge is -2.29. The van der Waals surface area contributed by atoms with Crippen LogP contribution in [0.5, 0.6) is 0 Å². The molecule has 1 unspecified atom stereocenters. The van der Waals surface area contributed by atoms with E-state index in [0.29, 0.717) is 11.6 Å². The first-order chi connectivity index (χ1) is 9.32. The molecule has 1 aromatic rings. The largest absolute Gasteiger partial charge is 0.480 e. The molecule has 2 amide bonds. The number of amides is 2. The van der Waals surface area contributed by atoms with Crippen molar-refractivity contribution in [1.29, 1.82) is 0 Å². The zero-order chi connectivity index (χ0) is 15.3. The van der Waals surface area contributed by atoms with Crippen LogP contribution in [0.3, 0.4) is 0 Å². The molecule has 0 saturated heterocycles. The van der Waals surface area contributed by atoms with Crippen molar-refractivity contribution in [3.63, 3.8) is 0 Å². The second-order valence-electron chi connectivity index (χ2n) is 5.22. The van der Waals surface area contributed by atoms with E-state index in [1.807, 2.05) is 20.8 Å². The van der Waals surface area contributed by atoms with Crippen molar-refractivity contribution in [3.8, 4) is 0 Å². The lowest BCUT2D eigenvalue weighted by molar-refractivity contribution is -0.139. The van der Waals surface area contributed by atoms with E-state index in [0.717, 1.165) is 0 Å². The Kier molecular flexibility index (Phi) is 5.54. The van der Waals surface area contributed by atoms with Crippen LogP contribution in [0, 0.1) is 5.92 Å². The molecule has 0 aliphatic heterocycles. The van der Waals surface area contributed by atoms with Crippen molar-refractivity contribution < 1.29 is 14.7 Å². The molecule has 0 aliphatic carbocycles. The van der Waals surface area contributed by atoms with Gasteiger partial charge >= 0.3 is 12.0 Å². The van der Waals surface area contributed by atoms with Gasteiger partial charge in [0.15, 0.2) is 0 Å². The highest BCUT2D eigenvalue weighted by Gasteiger charge is 2.25. The van der Waals surface area contributed by atoms with Gasteiger partial charge in [0.1, 0.15) is 6.04 Å². The molecule has 7 nitrogen and oxygen atoms in total. The van der Waals surface area contributed by atoms with Crippen LogP contribution in [-0.2, 0) is 11.2 Å². The fraction of sp³-hybridized carbons (Fsp3) is 0.615. The van der Waals surface area contributed by atoms with Crippen LogP contribution in [0.1, 0.15) is 26.5 Å². The number of carbonyl (C=O) groups is 2. The molecular weight excluding hydrogens is 260 g/mol. The van der Waals surface area contributed by atoms with Crippen LogP contribution >= 0.6 is 0 Å². The fourth-order valence-electron chi connectivity index (χ4n) is 1.70. The zero-order valence-corrected chi connectivity index (χ0v) is 12.3. The quantitative estimate of drug-likeness (QED) is 0.727. The van der Waals surface area contributed by atoms with E-state index < -0.39 is 18.0 Å². The number of aromatic amines is 1. The first kappa shape index (κ1) is 16.0. The number of aromatic nitrogens is 2. The van der Waals surface area contributed by atoms with Gasteiger partial charge in [-0.15, -0.1) is 0 Å². The summed E-state index contributed by atoms with van der Waals surface area (Å²) >= 11 is 0. The van der Waals surface area contributed by atoms with Gasteiger partial charge in [0.25, 0.3) is 0 Å². The lowest BCUT2D eigenvalue weighted by atomic mass is 10.1. The number of nitrogens with zero attached hydrogens (tertiary/aromatic N) is 2. The van der Waals surface area contributed by atoms with Gasteiger partial charge in [-0.2, -0.15) is 0 Å². The molecule has 0 radical (unpaired) electrons. The average Bonchev–Trinajstić information content (AvgIpc) is 2.88. The van der Waals surface area contributed by atoms with Crippen LogP contribution < -0.4 is 5.32 Å². The molecule has 7 heteroatoms. The van der Waals surface area contributed by atoms with Crippen molar-refractivity contribution >= 4 is 12.0 Å². The Morgan fingerprint density at radius 1 is 1.45 bits per heavy atom. The second-order valence-corrected chi connectivity index (χ2v) is 5.22. The number of hydrogen-bond acceptors (Lipinski definition) is 3. The minimum Gasteiger partial charge on any atom is -0.480 e. The monoisotopic (exact) mass is 282 g/mol. The Labute approximate surface area is 118 Å². The topological polar surface area (TPSA) is 98.3 Å². The number of carbonyl (C=O) groups excluding carboxylic acids is 1. The molecule has 0 fully saturated rings. The van der Waals surface area contributed by atoms with Crippen LogP contribution in [0.25, 0.3) is 0 Å². The number of carboxylic acid groups (broad SMARTS) is 1. The highest BCUT2D eigenvalue weighted by Crippen LogP contribution is 2.08. The standard InChI is InChI=1S/C13H22N4O3/c1-8(2)9(3)17(4)13(20)16-11(12(18)19)5-10-6-14-7-15-10/h6-9,11H,5H2,1-4H3,(H,14,15)(H,16,20)(H,18,19)/t9?,11-/m0/s1. The summed E-state index contributed by atoms with van der Waals surface area (Å²) in [4.78, 5) is 31.5. The molecule has 0 aromatic carbocycles. The maximum absolute atomic E-state index is 12.1. The molecule has 0 bridgehead atoms. The van der Waals surface area contributed by atoms with Crippen LogP contribution in [0.15, 0.2) is 12.5 Å². The summed E-state index contributed by atoms with van der Waals surface area (Å²) in [6.07, 6.45) is 3.19. The summed E-state index contributed by atoms with van der Waals surface area (Å²) < 4.78 is 0. The highest BCUT2D eigenvalue weighted by molar-refractivity contribution is 5.82. The number of aliphatic carboxylic acids is 1. The van der Waals surface area contributed by atoms with E-state index in [1.54, 1.807) is 13.2 Å². The second kappa shape index (κ2) is 6.93. The van der Waals surface area contributed by atoms with Gasteiger partial charge in [0.05, 0.1) is 6.33 Å². The van der Waals surface area contributed by atoms with Crippen molar-refractivity contribution in [1.82, 2.24) is 20.2 Å². The first-order valence-electron chi connectivity index (χ1n) is 6.56. The van der Waals surface area contributed by atoms with Gasteiger partial charge in [0.2, 0.25) is 0 Å².